The molecule has 0 aromatic carbocycles. The Kier molecular flexibility index (Phi) is 3.11. The molecule has 0 radical (unpaired) electrons. The molecule has 0 aliphatic rings. The lowest BCUT2D eigenvalue weighted by Gasteiger charge is -2.06. The molecule has 0 aliphatic carbocycles. The molecule has 17 heavy (non-hydrogen) atoms. The largest absolute Gasteiger partial charge is 0.393 e. The lowest BCUT2D eigenvalue weighted by atomic mass is 10.1. The van der Waals surface area contributed by atoms with Crippen LogP contribution in [0, 0.1) is 5.82 Å². The fourth-order valence-electron chi connectivity index (χ4n) is 1.90. The third-order valence-corrected chi connectivity index (χ3v) is 2.77. The molecule has 2 heterocycles. The molecule has 0 aliphatic heterocycles. The summed E-state index contributed by atoms with van der Waals surface area (Å²) < 4.78 is 15.4. The molecule has 5 heteroatoms. The summed E-state index contributed by atoms with van der Waals surface area (Å²) in [7, 11) is 0. The van der Waals surface area contributed by atoms with E-state index in [9.17, 15) is 4.39 Å². The van der Waals surface area contributed by atoms with Crippen LogP contribution in [-0.2, 0) is 6.42 Å². The van der Waals surface area contributed by atoms with E-state index in [1.807, 2.05) is 13.8 Å². The Labute approximate surface area is 104 Å². The maximum absolute atomic E-state index is 13.6. The quantitative estimate of drug-likeness (QED) is 0.852. The summed E-state index contributed by atoms with van der Waals surface area (Å²) in [5.74, 6) is -0.123. The highest BCUT2D eigenvalue weighted by Gasteiger charge is 2.17. The van der Waals surface area contributed by atoms with Gasteiger partial charge in [-0.15, -0.1) is 0 Å². The fraction of sp³-hybridized carbons (Fsp3) is 0.333. The standard InChI is InChI=1S/C12H14FN3S/c1-7(2)11-9(6-10(14)17)16-5-3-4-8(13)12(16)15-11/h3-5,7H,6H2,1-2H3,(H2,14,17). The summed E-state index contributed by atoms with van der Waals surface area (Å²) in [6, 6.07) is 3.05. The first-order valence-electron chi connectivity index (χ1n) is 5.44. The van der Waals surface area contributed by atoms with Crippen molar-refractivity contribution in [3.63, 3.8) is 0 Å². The molecular formula is C12H14FN3S. The number of rotatable bonds is 3. The van der Waals surface area contributed by atoms with Crippen molar-refractivity contribution >= 4 is 22.9 Å². The van der Waals surface area contributed by atoms with Gasteiger partial charge in [0.05, 0.1) is 16.4 Å². The summed E-state index contributed by atoms with van der Waals surface area (Å²) in [5, 5.41) is 0. The molecule has 0 saturated heterocycles. The Hall–Kier alpha value is -1.49. The number of fused-ring (bicyclic) bond motifs is 1. The van der Waals surface area contributed by atoms with E-state index in [1.54, 1.807) is 16.7 Å². The van der Waals surface area contributed by atoms with E-state index in [0.29, 0.717) is 17.1 Å². The van der Waals surface area contributed by atoms with Gasteiger partial charge in [-0.05, 0) is 18.1 Å². The summed E-state index contributed by atoms with van der Waals surface area (Å²) in [4.78, 5) is 4.72. The van der Waals surface area contributed by atoms with E-state index in [0.717, 1.165) is 11.4 Å². The van der Waals surface area contributed by atoms with Crippen LogP contribution in [0.25, 0.3) is 5.65 Å². The Bertz CT molecular complexity index is 574. The van der Waals surface area contributed by atoms with Crippen LogP contribution in [0.5, 0.6) is 0 Å². The number of aromatic nitrogens is 2. The van der Waals surface area contributed by atoms with E-state index in [-0.39, 0.29) is 11.7 Å². The highest BCUT2D eigenvalue weighted by molar-refractivity contribution is 7.80. The van der Waals surface area contributed by atoms with Crippen molar-refractivity contribution in [2.24, 2.45) is 5.73 Å². The van der Waals surface area contributed by atoms with Gasteiger partial charge in [0.25, 0.3) is 0 Å². The van der Waals surface area contributed by atoms with Crippen molar-refractivity contribution < 1.29 is 4.39 Å². The number of pyridine rings is 1. The van der Waals surface area contributed by atoms with Gasteiger partial charge in [-0.3, -0.25) is 0 Å². The third-order valence-electron chi connectivity index (χ3n) is 2.62. The van der Waals surface area contributed by atoms with Crippen molar-refractivity contribution in [2.45, 2.75) is 26.2 Å². The molecule has 2 aromatic rings. The van der Waals surface area contributed by atoms with Crippen LogP contribution in [-0.4, -0.2) is 14.4 Å². The summed E-state index contributed by atoms with van der Waals surface area (Å²) in [6.45, 7) is 4.03. The Balaban J connectivity index is 2.71. The maximum atomic E-state index is 13.6. The van der Waals surface area contributed by atoms with Crippen LogP contribution in [0.1, 0.15) is 31.2 Å². The van der Waals surface area contributed by atoms with E-state index in [4.69, 9.17) is 18.0 Å². The van der Waals surface area contributed by atoms with Gasteiger partial charge in [-0.2, -0.15) is 0 Å². The zero-order valence-electron chi connectivity index (χ0n) is 9.77. The molecule has 90 valence electrons. The van der Waals surface area contributed by atoms with E-state index in [1.165, 1.54) is 6.07 Å². The van der Waals surface area contributed by atoms with Crippen molar-refractivity contribution in [1.82, 2.24) is 9.38 Å². The van der Waals surface area contributed by atoms with Crippen LogP contribution in [0.3, 0.4) is 0 Å². The van der Waals surface area contributed by atoms with Crippen molar-refractivity contribution in [3.05, 3.63) is 35.5 Å². The molecule has 0 amide bonds. The molecule has 3 nitrogen and oxygen atoms in total. The second-order valence-corrected chi connectivity index (χ2v) is 4.82. The first kappa shape index (κ1) is 12.0. The number of halogens is 1. The van der Waals surface area contributed by atoms with Crippen LogP contribution in [0.2, 0.25) is 0 Å². The maximum Gasteiger partial charge on any atom is 0.173 e. The predicted molar refractivity (Wildman–Crippen MR) is 69.7 cm³/mol. The van der Waals surface area contributed by atoms with Gasteiger partial charge >= 0.3 is 0 Å². The third kappa shape index (κ3) is 2.15. The second-order valence-electron chi connectivity index (χ2n) is 4.29. The van der Waals surface area contributed by atoms with Crippen LogP contribution < -0.4 is 5.73 Å². The van der Waals surface area contributed by atoms with Gasteiger partial charge in [-0.1, -0.05) is 26.1 Å². The van der Waals surface area contributed by atoms with Gasteiger partial charge in [0.15, 0.2) is 11.5 Å². The SMILES string of the molecule is CC(C)c1nc2c(F)cccn2c1CC(N)=S. The molecule has 2 aromatic heterocycles. The van der Waals surface area contributed by atoms with Gasteiger partial charge in [0, 0.05) is 12.6 Å². The smallest absolute Gasteiger partial charge is 0.173 e. The zero-order valence-corrected chi connectivity index (χ0v) is 10.6. The van der Waals surface area contributed by atoms with Crippen molar-refractivity contribution in [3.8, 4) is 0 Å². The van der Waals surface area contributed by atoms with E-state index < -0.39 is 0 Å². The molecule has 0 atom stereocenters. The minimum absolute atomic E-state index is 0.207. The van der Waals surface area contributed by atoms with Gasteiger partial charge in [0.1, 0.15) is 0 Å². The second kappa shape index (κ2) is 4.41. The topological polar surface area (TPSA) is 43.3 Å². The first-order valence-corrected chi connectivity index (χ1v) is 5.85. The predicted octanol–water partition coefficient (Wildman–Crippen LogP) is 2.43. The summed E-state index contributed by atoms with van der Waals surface area (Å²) in [6.07, 6.45) is 2.22. The first-order chi connectivity index (χ1) is 8.00. The number of nitrogens with two attached hydrogens (primary N) is 1. The monoisotopic (exact) mass is 251 g/mol. The highest BCUT2D eigenvalue weighted by Crippen LogP contribution is 2.22. The molecular weight excluding hydrogens is 237 g/mol. The molecule has 2 N–H and O–H groups in total. The van der Waals surface area contributed by atoms with Gasteiger partial charge in [-0.25, -0.2) is 9.37 Å². The molecule has 0 fully saturated rings. The summed E-state index contributed by atoms with van der Waals surface area (Å²) in [5.41, 5.74) is 7.64. The number of hydrogen-bond acceptors (Lipinski definition) is 2. The fourth-order valence-corrected chi connectivity index (χ4v) is 2.04. The molecule has 2 rings (SSSR count). The molecule has 0 bridgehead atoms. The van der Waals surface area contributed by atoms with E-state index in [2.05, 4.69) is 4.98 Å². The lowest BCUT2D eigenvalue weighted by molar-refractivity contribution is 0.629. The zero-order chi connectivity index (χ0) is 12.6. The molecule has 0 spiro atoms. The average molecular weight is 251 g/mol. The highest BCUT2D eigenvalue weighted by atomic mass is 32.1. The lowest BCUT2D eigenvalue weighted by Crippen LogP contribution is -2.14. The van der Waals surface area contributed by atoms with Crippen LogP contribution >= 0.6 is 12.2 Å². The van der Waals surface area contributed by atoms with Crippen LogP contribution in [0.4, 0.5) is 4.39 Å². The molecule has 0 unspecified atom stereocenters. The average Bonchev–Trinajstić information content (AvgIpc) is 2.58. The van der Waals surface area contributed by atoms with Gasteiger partial charge in [0.2, 0.25) is 0 Å². The number of hydrogen-bond donors (Lipinski definition) is 1. The summed E-state index contributed by atoms with van der Waals surface area (Å²) >= 11 is 4.93. The molecule has 0 saturated carbocycles. The number of thiocarbonyl (C=S) groups is 1. The van der Waals surface area contributed by atoms with E-state index >= 15 is 0 Å². The van der Waals surface area contributed by atoms with Gasteiger partial charge < -0.3 is 10.1 Å². The Morgan fingerprint density at radius 3 is 2.88 bits per heavy atom. The number of imidazole rings is 1. The van der Waals surface area contributed by atoms with Crippen molar-refractivity contribution in [1.29, 1.82) is 0 Å². The normalized spacial score (nSPS) is 11.3. The minimum Gasteiger partial charge on any atom is -0.393 e. The van der Waals surface area contributed by atoms with Crippen molar-refractivity contribution in [2.75, 3.05) is 0 Å². The number of nitrogens with zero attached hydrogens (tertiary/aromatic N) is 2. The van der Waals surface area contributed by atoms with Crippen LogP contribution in [0.15, 0.2) is 18.3 Å². The Morgan fingerprint density at radius 1 is 1.59 bits per heavy atom. The minimum atomic E-state index is -0.330. The Morgan fingerprint density at radius 2 is 2.29 bits per heavy atom.